The van der Waals surface area contributed by atoms with E-state index in [1.165, 1.54) is 43.2 Å². The van der Waals surface area contributed by atoms with Crippen LogP contribution in [0.3, 0.4) is 0 Å². The van der Waals surface area contributed by atoms with Crippen LogP contribution < -0.4 is 4.74 Å². The summed E-state index contributed by atoms with van der Waals surface area (Å²) in [7, 11) is 0. The second-order valence-electron chi connectivity index (χ2n) is 11.3. The molecule has 0 radical (unpaired) electrons. The molecular weight excluding hydrogens is 506 g/mol. The van der Waals surface area contributed by atoms with Crippen LogP contribution in [0, 0.1) is 11.6 Å². The lowest BCUT2D eigenvalue weighted by molar-refractivity contribution is 0.123. The topological polar surface area (TPSA) is 27.7 Å². The first-order chi connectivity index (χ1) is 19.6. The predicted octanol–water partition coefficient (Wildman–Crippen LogP) is 9.52. The monoisotopic (exact) mass is 558 g/mol. The van der Waals surface area contributed by atoms with Crippen molar-refractivity contribution in [2.45, 2.75) is 116 Å². The van der Waals surface area contributed by atoms with Gasteiger partial charge in [-0.25, -0.2) is 4.39 Å². The fraction of sp³-hybridized carbons (Fsp3) is 0.657. The number of halogens is 2. The summed E-state index contributed by atoms with van der Waals surface area (Å²) in [6.45, 7) is 7.96. The Labute approximate surface area is 242 Å². The minimum Gasteiger partial charge on any atom is -0.490 e. The third kappa shape index (κ3) is 11.1. The van der Waals surface area contributed by atoms with Crippen LogP contribution in [0.25, 0.3) is 0 Å². The highest BCUT2D eigenvalue weighted by molar-refractivity contribution is 5.42. The molecule has 0 bridgehead atoms. The first-order valence-corrected chi connectivity index (χ1v) is 16.0. The Balaban J connectivity index is 1.39. The number of hydrogen-bond acceptors (Lipinski definition) is 3. The Morgan fingerprint density at radius 2 is 1.32 bits per heavy atom. The summed E-state index contributed by atoms with van der Waals surface area (Å²) in [6.07, 6.45) is 15.6. The minimum atomic E-state index is -0.851. The maximum atomic E-state index is 15.1. The van der Waals surface area contributed by atoms with Crippen LogP contribution in [-0.4, -0.2) is 33.0 Å². The van der Waals surface area contributed by atoms with Gasteiger partial charge in [0.25, 0.3) is 0 Å². The maximum Gasteiger partial charge on any atom is 0.200 e. The van der Waals surface area contributed by atoms with Crippen molar-refractivity contribution in [3.63, 3.8) is 0 Å². The predicted molar refractivity (Wildman–Crippen MR) is 161 cm³/mol. The summed E-state index contributed by atoms with van der Waals surface area (Å²) >= 11 is 0. The van der Waals surface area contributed by atoms with Gasteiger partial charge in [-0.15, -0.1) is 0 Å². The van der Waals surface area contributed by atoms with Crippen LogP contribution in [0.2, 0.25) is 0 Å². The summed E-state index contributed by atoms with van der Waals surface area (Å²) in [4.78, 5) is 0. The van der Waals surface area contributed by atoms with Gasteiger partial charge >= 0.3 is 0 Å². The van der Waals surface area contributed by atoms with Crippen molar-refractivity contribution in [1.29, 1.82) is 0 Å². The molecule has 3 nitrogen and oxygen atoms in total. The Hall–Kier alpha value is -1.98. The first-order valence-electron chi connectivity index (χ1n) is 16.0. The lowest BCUT2D eigenvalue weighted by Crippen LogP contribution is -2.16. The number of aryl methyl sites for hydroxylation is 2. The molecule has 0 spiro atoms. The van der Waals surface area contributed by atoms with Crippen LogP contribution in [0.15, 0.2) is 30.3 Å². The lowest BCUT2D eigenvalue weighted by atomic mass is 9.79. The summed E-state index contributed by atoms with van der Waals surface area (Å²) in [5.41, 5.74) is 3.95. The van der Waals surface area contributed by atoms with Crippen LogP contribution in [0.5, 0.6) is 5.75 Å². The Kier molecular flexibility index (Phi) is 15.6. The standard InChI is InChI=1S/C35H52F2O3/c1-3-5-7-10-22-39-23-11-8-9-14-28-15-17-29(18-16-28)30-19-20-31-27-33(35(37)34(36)32(31)26-30)40-25-13-12-24-38-21-6-4-2/h15-18,27,30H,3-14,19-26H2,1-2H3. The van der Waals surface area contributed by atoms with Gasteiger partial charge in [0.15, 0.2) is 11.6 Å². The van der Waals surface area contributed by atoms with E-state index in [0.29, 0.717) is 25.2 Å². The molecule has 0 aliphatic heterocycles. The number of hydrogen-bond donors (Lipinski definition) is 0. The van der Waals surface area contributed by atoms with Crippen molar-refractivity contribution < 1.29 is 23.0 Å². The third-order valence-corrected chi connectivity index (χ3v) is 8.01. The van der Waals surface area contributed by atoms with E-state index in [2.05, 4.69) is 38.1 Å². The minimum absolute atomic E-state index is 0.0458. The van der Waals surface area contributed by atoms with Crippen LogP contribution in [0.4, 0.5) is 8.78 Å². The quantitative estimate of drug-likeness (QED) is 0.143. The van der Waals surface area contributed by atoms with Crippen LogP contribution >= 0.6 is 0 Å². The molecular formula is C35H52F2O3. The van der Waals surface area contributed by atoms with Crippen molar-refractivity contribution >= 4 is 0 Å². The van der Waals surface area contributed by atoms with E-state index in [-0.39, 0.29) is 11.7 Å². The first kappa shape index (κ1) is 32.5. The zero-order chi connectivity index (χ0) is 28.4. The third-order valence-electron chi connectivity index (χ3n) is 8.01. The normalized spacial score (nSPS) is 14.8. The SMILES string of the molecule is CCCCCCOCCCCCc1ccc(C2CCc3cc(OCCCCOCCCC)c(F)c(F)c3C2)cc1. The average molecular weight is 559 g/mol. The molecule has 5 heteroatoms. The summed E-state index contributed by atoms with van der Waals surface area (Å²) in [6, 6.07) is 10.5. The van der Waals surface area contributed by atoms with E-state index in [0.717, 1.165) is 83.2 Å². The van der Waals surface area contributed by atoms with Crippen molar-refractivity contribution in [3.05, 3.63) is 64.2 Å². The maximum absolute atomic E-state index is 15.1. The van der Waals surface area contributed by atoms with E-state index in [4.69, 9.17) is 14.2 Å². The van der Waals surface area contributed by atoms with Gasteiger partial charge in [-0.05, 0) is 98.4 Å². The van der Waals surface area contributed by atoms with Crippen molar-refractivity contribution in [1.82, 2.24) is 0 Å². The summed E-state index contributed by atoms with van der Waals surface area (Å²) in [5.74, 6) is -1.33. The molecule has 0 saturated heterocycles. The van der Waals surface area contributed by atoms with E-state index in [9.17, 15) is 4.39 Å². The van der Waals surface area contributed by atoms with Crippen LogP contribution in [0.1, 0.15) is 119 Å². The fourth-order valence-corrected chi connectivity index (χ4v) is 5.44. The molecule has 1 aliphatic rings. The van der Waals surface area contributed by atoms with Gasteiger partial charge in [0, 0.05) is 26.4 Å². The molecule has 1 aliphatic carbocycles. The van der Waals surface area contributed by atoms with Gasteiger partial charge in [-0.2, -0.15) is 4.39 Å². The highest BCUT2D eigenvalue weighted by atomic mass is 19.2. The summed E-state index contributed by atoms with van der Waals surface area (Å²) < 4.78 is 46.8. The largest absolute Gasteiger partial charge is 0.490 e. The van der Waals surface area contributed by atoms with Crippen molar-refractivity contribution in [3.8, 4) is 5.75 Å². The van der Waals surface area contributed by atoms with Crippen molar-refractivity contribution in [2.75, 3.05) is 33.0 Å². The zero-order valence-corrected chi connectivity index (χ0v) is 25.1. The molecule has 1 atom stereocenters. The second kappa shape index (κ2) is 19.2. The molecule has 2 aromatic carbocycles. The van der Waals surface area contributed by atoms with Gasteiger partial charge in [-0.1, -0.05) is 70.2 Å². The molecule has 0 aromatic heterocycles. The molecule has 0 saturated carbocycles. The number of benzene rings is 2. The van der Waals surface area contributed by atoms with Gasteiger partial charge in [0.2, 0.25) is 5.82 Å². The van der Waals surface area contributed by atoms with Crippen molar-refractivity contribution in [2.24, 2.45) is 0 Å². The Morgan fingerprint density at radius 1 is 0.700 bits per heavy atom. The van der Waals surface area contributed by atoms with E-state index >= 15 is 4.39 Å². The number of rotatable bonds is 21. The number of fused-ring (bicyclic) bond motifs is 1. The van der Waals surface area contributed by atoms with E-state index in [1.807, 2.05) is 0 Å². The molecule has 0 amide bonds. The van der Waals surface area contributed by atoms with E-state index in [1.54, 1.807) is 6.07 Å². The molecule has 0 fully saturated rings. The Morgan fingerprint density at radius 3 is 2.02 bits per heavy atom. The molecule has 3 rings (SSSR count). The second-order valence-corrected chi connectivity index (χ2v) is 11.3. The van der Waals surface area contributed by atoms with Gasteiger partial charge in [0.05, 0.1) is 6.61 Å². The molecule has 40 heavy (non-hydrogen) atoms. The fourth-order valence-electron chi connectivity index (χ4n) is 5.44. The lowest BCUT2D eigenvalue weighted by Gasteiger charge is -2.26. The molecule has 0 heterocycles. The summed E-state index contributed by atoms with van der Waals surface area (Å²) in [5, 5.41) is 0. The molecule has 1 unspecified atom stereocenters. The highest BCUT2D eigenvalue weighted by Gasteiger charge is 2.27. The smallest absolute Gasteiger partial charge is 0.200 e. The van der Waals surface area contributed by atoms with Gasteiger partial charge in [0.1, 0.15) is 0 Å². The number of ether oxygens (including phenoxy) is 3. The van der Waals surface area contributed by atoms with Crippen LogP contribution in [-0.2, 0) is 28.7 Å². The highest BCUT2D eigenvalue weighted by Crippen LogP contribution is 2.37. The molecule has 2 aromatic rings. The average Bonchev–Trinajstić information content (AvgIpc) is 2.98. The Bertz CT molecular complexity index is 960. The van der Waals surface area contributed by atoms with E-state index < -0.39 is 11.6 Å². The van der Waals surface area contributed by atoms with Gasteiger partial charge < -0.3 is 14.2 Å². The van der Waals surface area contributed by atoms with Gasteiger partial charge in [-0.3, -0.25) is 0 Å². The number of unbranched alkanes of at least 4 members (excludes halogenated alkanes) is 7. The molecule has 0 N–H and O–H groups in total. The molecule has 224 valence electrons. The zero-order valence-electron chi connectivity index (χ0n) is 25.1.